The molecule has 10 heavy (non-hydrogen) atoms. The average molecular weight is 145 g/mol. The first-order chi connectivity index (χ1) is 4.63. The summed E-state index contributed by atoms with van der Waals surface area (Å²) < 4.78 is 8.94. The van der Waals surface area contributed by atoms with Crippen molar-refractivity contribution in [3.05, 3.63) is 12.3 Å². The lowest BCUT2D eigenvalue weighted by atomic mass is 10.3. The van der Waals surface area contributed by atoms with Crippen molar-refractivity contribution >= 4 is 5.97 Å². The Kier molecular flexibility index (Phi) is 3.49. The molecule has 0 aromatic rings. The van der Waals surface area contributed by atoms with Gasteiger partial charge in [0, 0.05) is 0 Å². The first kappa shape index (κ1) is 8.97. The lowest BCUT2D eigenvalue weighted by molar-refractivity contribution is -0.141. The minimum Gasteiger partial charge on any atom is -0.499 e. The van der Waals surface area contributed by atoms with Crippen molar-refractivity contribution in [2.24, 2.45) is 5.73 Å². The maximum Gasteiger partial charge on any atom is 0.330 e. The fourth-order valence-electron chi connectivity index (χ4n) is 0.385. The van der Waals surface area contributed by atoms with Gasteiger partial charge in [-0.25, -0.2) is 4.79 Å². The van der Waals surface area contributed by atoms with Crippen LogP contribution in [0.1, 0.15) is 0 Å². The first-order valence-electron chi connectivity index (χ1n) is 2.69. The van der Waals surface area contributed by atoms with Crippen molar-refractivity contribution in [3.63, 3.8) is 0 Å². The Labute approximate surface area is 59.6 Å². The van der Waals surface area contributed by atoms with Crippen LogP contribution in [0.15, 0.2) is 12.3 Å². The molecule has 0 spiro atoms. The van der Waals surface area contributed by atoms with Gasteiger partial charge in [-0.1, -0.05) is 6.58 Å². The highest BCUT2D eigenvalue weighted by molar-refractivity contribution is 5.78. The first-order valence-corrected chi connectivity index (χ1v) is 2.69. The summed E-state index contributed by atoms with van der Waals surface area (Å²) in [5, 5.41) is 0. The van der Waals surface area contributed by atoms with Crippen molar-refractivity contribution < 1.29 is 14.3 Å². The molecule has 4 nitrogen and oxygen atoms in total. The van der Waals surface area contributed by atoms with Gasteiger partial charge in [0.2, 0.25) is 0 Å². The number of nitrogens with two attached hydrogens (primary N) is 1. The highest BCUT2D eigenvalue weighted by Crippen LogP contribution is 1.97. The van der Waals surface area contributed by atoms with Crippen LogP contribution in [0.25, 0.3) is 0 Å². The zero-order valence-electron chi connectivity index (χ0n) is 6.09. The van der Waals surface area contributed by atoms with Crippen molar-refractivity contribution in [2.75, 3.05) is 14.2 Å². The van der Waals surface area contributed by atoms with Gasteiger partial charge >= 0.3 is 5.97 Å². The Bertz CT molecular complexity index is 128. The summed E-state index contributed by atoms with van der Waals surface area (Å²) in [4.78, 5) is 10.6. The topological polar surface area (TPSA) is 61.5 Å². The van der Waals surface area contributed by atoms with Gasteiger partial charge < -0.3 is 15.2 Å². The fourth-order valence-corrected chi connectivity index (χ4v) is 0.385. The summed E-state index contributed by atoms with van der Waals surface area (Å²) in [7, 11) is 2.65. The quantitative estimate of drug-likeness (QED) is 0.435. The van der Waals surface area contributed by atoms with E-state index in [1.807, 2.05) is 0 Å². The van der Waals surface area contributed by atoms with Gasteiger partial charge in [0.1, 0.15) is 5.76 Å². The maximum atomic E-state index is 10.6. The van der Waals surface area contributed by atoms with Crippen LogP contribution in [0.5, 0.6) is 0 Å². The Morgan fingerprint density at radius 1 is 1.50 bits per heavy atom. The molecule has 0 bridgehead atoms. The molecule has 0 aliphatic heterocycles. The molecule has 0 radical (unpaired) electrons. The number of rotatable bonds is 3. The SMILES string of the molecule is C=C(OC)[C@H](N)C(=O)OC. The van der Waals surface area contributed by atoms with Crippen molar-refractivity contribution in [3.8, 4) is 0 Å². The number of esters is 1. The van der Waals surface area contributed by atoms with E-state index in [0.29, 0.717) is 0 Å². The van der Waals surface area contributed by atoms with E-state index in [0.717, 1.165) is 0 Å². The van der Waals surface area contributed by atoms with Gasteiger partial charge in [-0.15, -0.1) is 0 Å². The van der Waals surface area contributed by atoms with E-state index in [2.05, 4.69) is 16.1 Å². The summed E-state index contributed by atoms with van der Waals surface area (Å²) in [5.74, 6) is -0.348. The third-order valence-electron chi connectivity index (χ3n) is 1.06. The molecule has 0 aliphatic rings. The molecule has 0 aliphatic carbocycles. The lowest BCUT2D eigenvalue weighted by Gasteiger charge is -2.09. The Balaban J connectivity index is 3.94. The number of carbonyl (C=O) groups is 1. The molecule has 0 fully saturated rings. The van der Waals surface area contributed by atoms with Gasteiger partial charge in [-0.3, -0.25) is 0 Å². The standard InChI is InChI=1S/C6H11NO3/c1-4(9-2)5(7)6(8)10-3/h5H,1,7H2,2-3H3/t5-/m0/s1. The van der Waals surface area contributed by atoms with E-state index in [1.165, 1.54) is 14.2 Å². The molecule has 0 aromatic heterocycles. The predicted molar refractivity (Wildman–Crippen MR) is 36.1 cm³/mol. The third kappa shape index (κ3) is 2.06. The average Bonchev–Trinajstić information content (AvgIpc) is 2.00. The Hall–Kier alpha value is -1.03. The lowest BCUT2D eigenvalue weighted by Crippen LogP contribution is -2.33. The van der Waals surface area contributed by atoms with E-state index in [1.54, 1.807) is 0 Å². The van der Waals surface area contributed by atoms with Gasteiger partial charge in [0.25, 0.3) is 0 Å². The molecular formula is C6H11NO3. The maximum absolute atomic E-state index is 10.6. The zero-order chi connectivity index (χ0) is 8.15. The second-order valence-electron chi connectivity index (χ2n) is 1.67. The van der Waals surface area contributed by atoms with E-state index in [9.17, 15) is 4.79 Å². The summed E-state index contributed by atoms with van der Waals surface area (Å²) in [6, 6.07) is -0.880. The molecule has 4 heteroatoms. The molecule has 0 rings (SSSR count). The van der Waals surface area contributed by atoms with Crippen molar-refractivity contribution in [2.45, 2.75) is 6.04 Å². The second kappa shape index (κ2) is 3.90. The normalized spacial score (nSPS) is 11.9. The molecule has 0 aromatic carbocycles. The molecule has 0 saturated carbocycles. The summed E-state index contributed by atoms with van der Waals surface area (Å²) in [6.45, 7) is 3.39. The smallest absolute Gasteiger partial charge is 0.330 e. The number of hydrogen-bond donors (Lipinski definition) is 1. The molecule has 0 unspecified atom stereocenters. The van der Waals surface area contributed by atoms with Crippen LogP contribution in [0, 0.1) is 0 Å². The Morgan fingerprint density at radius 2 is 2.00 bits per heavy atom. The Morgan fingerprint density at radius 3 is 2.30 bits per heavy atom. The van der Waals surface area contributed by atoms with Gasteiger partial charge in [-0.2, -0.15) is 0 Å². The molecule has 0 heterocycles. The number of ether oxygens (including phenoxy) is 2. The summed E-state index contributed by atoms with van der Waals surface area (Å²) in [6.07, 6.45) is 0. The van der Waals surface area contributed by atoms with Crippen LogP contribution in [0.4, 0.5) is 0 Å². The van der Waals surface area contributed by atoms with E-state index in [-0.39, 0.29) is 5.76 Å². The number of hydrogen-bond acceptors (Lipinski definition) is 4. The van der Waals surface area contributed by atoms with Gasteiger partial charge in [-0.05, 0) is 0 Å². The van der Waals surface area contributed by atoms with E-state index < -0.39 is 12.0 Å². The minimum atomic E-state index is -0.880. The summed E-state index contributed by atoms with van der Waals surface area (Å²) >= 11 is 0. The number of methoxy groups -OCH3 is 2. The fraction of sp³-hybridized carbons (Fsp3) is 0.500. The molecule has 1 atom stereocenters. The molecule has 0 amide bonds. The molecular weight excluding hydrogens is 134 g/mol. The highest BCUT2D eigenvalue weighted by atomic mass is 16.5. The predicted octanol–water partition coefficient (Wildman–Crippen LogP) is -0.353. The van der Waals surface area contributed by atoms with Crippen LogP contribution >= 0.6 is 0 Å². The monoisotopic (exact) mass is 145 g/mol. The largest absolute Gasteiger partial charge is 0.499 e. The minimum absolute atomic E-state index is 0.201. The highest BCUT2D eigenvalue weighted by Gasteiger charge is 2.17. The van der Waals surface area contributed by atoms with Crippen LogP contribution < -0.4 is 5.73 Å². The van der Waals surface area contributed by atoms with Crippen LogP contribution in [-0.4, -0.2) is 26.2 Å². The third-order valence-corrected chi connectivity index (χ3v) is 1.06. The molecule has 0 saturated heterocycles. The van der Waals surface area contributed by atoms with Crippen LogP contribution in [0.3, 0.4) is 0 Å². The van der Waals surface area contributed by atoms with Crippen LogP contribution in [0.2, 0.25) is 0 Å². The van der Waals surface area contributed by atoms with Crippen molar-refractivity contribution in [1.82, 2.24) is 0 Å². The zero-order valence-corrected chi connectivity index (χ0v) is 6.09. The molecule has 58 valence electrons. The van der Waals surface area contributed by atoms with E-state index in [4.69, 9.17) is 5.73 Å². The van der Waals surface area contributed by atoms with Gasteiger partial charge in [0.15, 0.2) is 6.04 Å². The van der Waals surface area contributed by atoms with Crippen LogP contribution in [-0.2, 0) is 14.3 Å². The molecule has 2 N–H and O–H groups in total. The van der Waals surface area contributed by atoms with Gasteiger partial charge in [0.05, 0.1) is 14.2 Å². The second-order valence-corrected chi connectivity index (χ2v) is 1.67. The van der Waals surface area contributed by atoms with E-state index >= 15 is 0 Å². The number of carbonyl (C=O) groups excluding carboxylic acids is 1. The van der Waals surface area contributed by atoms with Crippen molar-refractivity contribution in [1.29, 1.82) is 0 Å². The summed E-state index contributed by atoms with van der Waals surface area (Å²) in [5.41, 5.74) is 5.28.